The lowest BCUT2D eigenvalue weighted by atomic mass is 9.89. The second-order valence-corrected chi connectivity index (χ2v) is 6.51. The Labute approximate surface area is 128 Å². The number of rotatable bonds is 7. The van der Waals surface area contributed by atoms with E-state index in [1.807, 2.05) is 6.07 Å². The number of hydrogen-bond acceptors (Lipinski definition) is 3. The molecule has 2 fully saturated rings. The number of benzene rings is 1. The molecule has 2 aliphatic carbocycles. The number of nitrogens with one attached hydrogen (secondary N) is 1. The zero-order valence-electron chi connectivity index (χ0n) is 13.2. The fourth-order valence-electron chi connectivity index (χ4n) is 3.99. The van der Waals surface area contributed by atoms with Crippen molar-refractivity contribution in [2.75, 3.05) is 20.3 Å². The Morgan fingerprint density at radius 3 is 2.76 bits per heavy atom. The monoisotopic (exact) mass is 289 g/mol. The Hall–Kier alpha value is -1.22. The van der Waals surface area contributed by atoms with Crippen LogP contribution in [0.15, 0.2) is 18.2 Å². The van der Waals surface area contributed by atoms with Crippen molar-refractivity contribution in [3.8, 4) is 11.5 Å². The molecule has 0 aromatic heterocycles. The van der Waals surface area contributed by atoms with Gasteiger partial charge in [-0.15, -0.1) is 0 Å². The standard InChI is InChI=1S/C18H27NO2/c1-3-19-11-14-5-7-17(20-2)18(10-14)21-12-16-9-13-4-6-15(16)8-13/h5,7,10,13,15-16,19H,3-4,6,8-9,11-12H2,1-2H3. The molecule has 0 amide bonds. The third-order valence-electron chi connectivity index (χ3n) is 5.14. The van der Waals surface area contributed by atoms with Gasteiger partial charge in [-0.1, -0.05) is 19.4 Å². The summed E-state index contributed by atoms with van der Waals surface area (Å²) in [5, 5.41) is 3.35. The minimum absolute atomic E-state index is 0.755. The molecule has 1 N–H and O–H groups in total. The molecule has 3 atom stereocenters. The molecule has 1 aromatic carbocycles. The fraction of sp³-hybridized carbons (Fsp3) is 0.667. The Bertz CT molecular complexity index is 474. The number of fused-ring (bicyclic) bond motifs is 2. The van der Waals surface area contributed by atoms with E-state index in [2.05, 4.69) is 24.4 Å². The zero-order valence-corrected chi connectivity index (χ0v) is 13.2. The molecule has 1 aromatic rings. The molecule has 2 aliphatic rings. The van der Waals surface area contributed by atoms with Gasteiger partial charge < -0.3 is 14.8 Å². The molecule has 116 valence electrons. The quantitative estimate of drug-likeness (QED) is 0.831. The average molecular weight is 289 g/mol. The summed E-state index contributed by atoms with van der Waals surface area (Å²) in [5.41, 5.74) is 1.25. The van der Waals surface area contributed by atoms with Gasteiger partial charge in [0.15, 0.2) is 11.5 Å². The molecule has 3 heteroatoms. The van der Waals surface area contributed by atoms with Gasteiger partial charge in [-0.05, 0) is 61.3 Å². The molecule has 0 aliphatic heterocycles. The van der Waals surface area contributed by atoms with Gasteiger partial charge in [0.2, 0.25) is 0 Å². The van der Waals surface area contributed by atoms with Gasteiger partial charge in [0.05, 0.1) is 13.7 Å². The summed E-state index contributed by atoms with van der Waals surface area (Å²) >= 11 is 0. The van der Waals surface area contributed by atoms with Crippen LogP contribution in [0.1, 0.15) is 38.2 Å². The molecule has 21 heavy (non-hydrogen) atoms. The smallest absolute Gasteiger partial charge is 0.161 e. The van der Waals surface area contributed by atoms with Gasteiger partial charge >= 0.3 is 0 Å². The van der Waals surface area contributed by atoms with E-state index in [9.17, 15) is 0 Å². The topological polar surface area (TPSA) is 30.5 Å². The number of hydrogen-bond donors (Lipinski definition) is 1. The summed E-state index contributed by atoms with van der Waals surface area (Å²) in [5.74, 6) is 4.39. The second-order valence-electron chi connectivity index (χ2n) is 6.51. The highest BCUT2D eigenvalue weighted by Gasteiger charge is 2.39. The highest BCUT2D eigenvalue weighted by Crippen LogP contribution is 2.48. The molecule has 2 saturated carbocycles. The average Bonchev–Trinajstić information content (AvgIpc) is 3.13. The van der Waals surface area contributed by atoms with E-state index >= 15 is 0 Å². The van der Waals surface area contributed by atoms with Crippen molar-refractivity contribution in [3.63, 3.8) is 0 Å². The molecule has 0 radical (unpaired) electrons. The van der Waals surface area contributed by atoms with Crippen LogP contribution in [0.4, 0.5) is 0 Å². The highest BCUT2D eigenvalue weighted by atomic mass is 16.5. The van der Waals surface area contributed by atoms with Crippen molar-refractivity contribution in [3.05, 3.63) is 23.8 Å². The van der Waals surface area contributed by atoms with Gasteiger partial charge in [0.1, 0.15) is 0 Å². The van der Waals surface area contributed by atoms with Crippen molar-refractivity contribution >= 4 is 0 Å². The van der Waals surface area contributed by atoms with Crippen LogP contribution < -0.4 is 14.8 Å². The maximum absolute atomic E-state index is 6.13. The summed E-state index contributed by atoms with van der Waals surface area (Å²) in [6, 6.07) is 6.24. The van der Waals surface area contributed by atoms with E-state index in [0.717, 1.165) is 48.9 Å². The molecular weight excluding hydrogens is 262 g/mol. The molecule has 3 unspecified atom stereocenters. The second kappa shape index (κ2) is 6.69. The molecule has 0 saturated heterocycles. The maximum Gasteiger partial charge on any atom is 0.161 e. The van der Waals surface area contributed by atoms with Gasteiger partial charge in [0, 0.05) is 6.54 Å². The minimum atomic E-state index is 0.755. The van der Waals surface area contributed by atoms with Gasteiger partial charge in [-0.2, -0.15) is 0 Å². The van der Waals surface area contributed by atoms with Crippen LogP contribution >= 0.6 is 0 Å². The van der Waals surface area contributed by atoms with E-state index in [0.29, 0.717) is 0 Å². The third kappa shape index (κ3) is 3.34. The zero-order chi connectivity index (χ0) is 14.7. The molecule has 2 bridgehead atoms. The van der Waals surface area contributed by atoms with Gasteiger partial charge in [-0.3, -0.25) is 0 Å². The van der Waals surface area contributed by atoms with E-state index in [-0.39, 0.29) is 0 Å². The van der Waals surface area contributed by atoms with E-state index in [1.165, 1.54) is 31.2 Å². The van der Waals surface area contributed by atoms with Crippen LogP contribution in [0.3, 0.4) is 0 Å². The van der Waals surface area contributed by atoms with E-state index in [1.54, 1.807) is 7.11 Å². The van der Waals surface area contributed by atoms with Crippen molar-refractivity contribution in [1.82, 2.24) is 5.32 Å². The van der Waals surface area contributed by atoms with Crippen LogP contribution in [0.5, 0.6) is 11.5 Å². The summed E-state index contributed by atoms with van der Waals surface area (Å²) < 4.78 is 11.6. The number of methoxy groups -OCH3 is 1. The summed E-state index contributed by atoms with van der Waals surface area (Å²) in [7, 11) is 1.71. The van der Waals surface area contributed by atoms with Crippen LogP contribution in [-0.4, -0.2) is 20.3 Å². The summed E-state index contributed by atoms with van der Waals surface area (Å²) in [4.78, 5) is 0. The summed E-state index contributed by atoms with van der Waals surface area (Å²) in [6.07, 6.45) is 5.66. The normalized spacial score (nSPS) is 27.0. The fourth-order valence-corrected chi connectivity index (χ4v) is 3.99. The maximum atomic E-state index is 6.13. The van der Waals surface area contributed by atoms with Crippen molar-refractivity contribution in [2.45, 2.75) is 39.2 Å². The first-order chi connectivity index (χ1) is 10.3. The highest BCUT2D eigenvalue weighted by molar-refractivity contribution is 5.43. The van der Waals surface area contributed by atoms with Crippen LogP contribution in [0, 0.1) is 17.8 Å². The van der Waals surface area contributed by atoms with Crippen molar-refractivity contribution in [2.24, 2.45) is 17.8 Å². The first-order valence-electron chi connectivity index (χ1n) is 8.30. The first kappa shape index (κ1) is 14.7. The molecule has 0 heterocycles. The Morgan fingerprint density at radius 1 is 1.19 bits per heavy atom. The van der Waals surface area contributed by atoms with Crippen LogP contribution in [-0.2, 0) is 6.54 Å². The van der Waals surface area contributed by atoms with E-state index in [4.69, 9.17) is 9.47 Å². The van der Waals surface area contributed by atoms with Crippen LogP contribution in [0.25, 0.3) is 0 Å². The van der Waals surface area contributed by atoms with Gasteiger partial charge in [0.25, 0.3) is 0 Å². The number of ether oxygens (including phenoxy) is 2. The molecule has 0 spiro atoms. The van der Waals surface area contributed by atoms with Crippen molar-refractivity contribution in [1.29, 1.82) is 0 Å². The van der Waals surface area contributed by atoms with E-state index < -0.39 is 0 Å². The predicted octanol–water partition coefficient (Wildman–Crippen LogP) is 3.62. The summed E-state index contributed by atoms with van der Waals surface area (Å²) in [6.45, 7) is 4.83. The Balaban J connectivity index is 1.62. The lowest BCUT2D eigenvalue weighted by Gasteiger charge is -2.22. The Morgan fingerprint density at radius 2 is 2.10 bits per heavy atom. The molecular formula is C18H27NO2. The Kier molecular flexibility index (Phi) is 4.69. The lowest BCUT2D eigenvalue weighted by Crippen LogP contribution is -2.19. The SMILES string of the molecule is CCNCc1ccc(OC)c(OCC2CC3CCC2C3)c1. The largest absolute Gasteiger partial charge is 0.493 e. The van der Waals surface area contributed by atoms with Crippen molar-refractivity contribution < 1.29 is 9.47 Å². The lowest BCUT2D eigenvalue weighted by molar-refractivity contribution is 0.189. The van der Waals surface area contributed by atoms with Gasteiger partial charge in [-0.25, -0.2) is 0 Å². The minimum Gasteiger partial charge on any atom is -0.493 e. The first-order valence-corrected chi connectivity index (χ1v) is 8.30. The van der Waals surface area contributed by atoms with Crippen LogP contribution in [0.2, 0.25) is 0 Å². The molecule has 3 nitrogen and oxygen atoms in total. The molecule has 3 rings (SSSR count). The third-order valence-corrected chi connectivity index (χ3v) is 5.14. The predicted molar refractivity (Wildman–Crippen MR) is 84.8 cm³/mol.